The van der Waals surface area contributed by atoms with Gasteiger partial charge in [0.15, 0.2) is 0 Å². The van der Waals surface area contributed by atoms with Crippen molar-refractivity contribution in [3.63, 3.8) is 0 Å². The Morgan fingerprint density at radius 2 is 1.42 bits per heavy atom. The number of nitrogens with zero attached hydrogens (tertiary/aromatic N) is 4. The molecule has 0 saturated heterocycles. The van der Waals surface area contributed by atoms with Crippen LogP contribution >= 0.6 is 0 Å². The number of hydrogen-bond donors (Lipinski definition) is 0. The molecular weight excluding hydrogens is 152 g/mol. The first-order valence-electron chi connectivity index (χ1n) is 4.65. The van der Waals surface area contributed by atoms with Crippen molar-refractivity contribution < 1.29 is 0 Å². The first-order chi connectivity index (χ1) is 5.97. The molecule has 0 aromatic carbocycles. The molecule has 0 N–H and O–H groups in total. The van der Waals surface area contributed by atoms with E-state index in [0.717, 1.165) is 6.17 Å². The molecule has 0 aromatic rings. The predicted octanol–water partition coefficient (Wildman–Crippen LogP) is 3.28. The summed E-state index contributed by atoms with van der Waals surface area (Å²) in [6.45, 7) is 0. The van der Waals surface area contributed by atoms with Crippen LogP contribution in [0.15, 0.2) is 20.7 Å². The van der Waals surface area contributed by atoms with Crippen molar-refractivity contribution in [2.45, 2.75) is 38.5 Å². The molecule has 0 aromatic heterocycles. The molecule has 4 nitrogen and oxygen atoms in total. The van der Waals surface area contributed by atoms with E-state index in [2.05, 4.69) is 20.7 Å². The molecule has 0 spiro atoms. The van der Waals surface area contributed by atoms with Crippen LogP contribution in [0, 0.1) is 12.1 Å². The smallest absolute Gasteiger partial charge is 0.129 e. The maximum atomic E-state index is 3.91. The van der Waals surface area contributed by atoms with Gasteiger partial charge < -0.3 is 0 Å². The first-order valence-corrected chi connectivity index (χ1v) is 4.65. The van der Waals surface area contributed by atoms with Crippen molar-refractivity contribution in [1.82, 2.24) is 0 Å². The summed E-state index contributed by atoms with van der Waals surface area (Å²) >= 11 is 0. The quantitative estimate of drug-likeness (QED) is 0.535. The van der Waals surface area contributed by atoms with E-state index in [4.69, 9.17) is 0 Å². The number of rotatable bonds is 1. The minimum absolute atomic E-state index is 0.530. The molecule has 0 amide bonds. The fourth-order valence-electron chi connectivity index (χ4n) is 1.85. The summed E-state index contributed by atoms with van der Waals surface area (Å²) in [5, 5.41) is 14.9. The molecule has 4 heteroatoms. The van der Waals surface area contributed by atoms with Gasteiger partial charge in [0.1, 0.15) is 0 Å². The van der Waals surface area contributed by atoms with Gasteiger partial charge in [-0.1, -0.05) is 25.7 Å². The third kappa shape index (κ3) is 1.68. The Morgan fingerprint density at radius 3 is 2.00 bits per heavy atom. The first kappa shape index (κ1) is 7.83. The van der Waals surface area contributed by atoms with Crippen LogP contribution in [-0.4, -0.2) is 0 Å². The SMILES string of the molecule is C1CCCC([C]2N=NN=N2)CC1. The molecule has 1 aliphatic carbocycles. The maximum absolute atomic E-state index is 3.91. The molecule has 65 valence electrons. The summed E-state index contributed by atoms with van der Waals surface area (Å²) in [7, 11) is 0. The van der Waals surface area contributed by atoms with E-state index in [-0.39, 0.29) is 0 Å². The summed E-state index contributed by atoms with van der Waals surface area (Å²) in [6, 6.07) is 0. The van der Waals surface area contributed by atoms with Crippen LogP contribution in [0.4, 0.5) is 0 Å². The Morgan fingerprint density at radius 1 is 0.833 bits per heavy atom. The average Bonchev–Trinajstić information content (AvgIpc) is 2.48. The normalized spacial score (nSPS) is 26.3. The molecule has 12 heavy (non-hydrogen) atoms. The van der Waals surface area contributed by atoms with E-state index in [0.29, 0.717) is 5.92 Å². The predicted molar refractivity (Wildman–Crippen MR) is 44.1 cm³/mol. The highest BCUT2D eigenvalue weighted by Gasteiger charge is 2.25. The van der Waals surface area contributed by atoms with Crippen LogP contribution in [0.25, 0.3) is 0 Å². The third-order valence-electron chi connectivity index (χ3n) is 2.55. The standard InChI is InChI=1S/C8H13N4/c1-2-4-6-7(5-3-1)8-9-11-12-10-8/h7H,1-6H2. The van der Waals surface area contributed by atoms with Gasteiger partial charge in [0, 0.05) is 5.92 Å². The van der Waals surface area contributed by atoms with E-state index >= 15 is 0 Å². The average molecular weight is 165 g/mol. The minimum atomic E-state index is 0.530. The highest BCUT2D eigenvalue weighted by Crippen LogP contribution is 2.33. The largest absolute Gasteiger partial charge is 0.246 e. The van der Waals surface area contributed by atoms with Crippen molar-refractivity contribution >= 4 is 0 Å². The van der Waals surface area contributed by atoms with Crippen molar-refractivity contribution in [2.24, 2.45) is 26.6 Å². The highest BCUT2D eigenvalue weighted by molar-refractivity contribution is 4.91. The molecular formula is C8H13N4. The Kier molecular flexibility index (Phi) is 2.44. The van der Waals surface area contributed by atoms with Gasteiger partial charge in [0.25, 0.3) is 0 Å². The van der Waals surface area contributed by atoms with Crippen molar-refractivity contribution in [3.05, 3.63) is 6.17 Å². The van der Waals surface area contributed by atoms with Gasteiger partial charge in [0.05, 0.1) is 0 Å². The van der Waals surface area contributed by atoms with Crippen molar-refractivity contribution in [1.29, 1.82) is 0 Å². The minimum Gasteiger partial charge on any atom is -0.129 e. The fourth-order valence-corrected chi connectivity index (χ4v) is 1.85. The maximum Gasteiger partial charge on any atom is 0.246 e. The lowest BCUT2D eigenvalue weighted by Crippen LogP contribution is -2.05. The second-order valence-electron chi connectivity index (χ2n) is 3.43. The van der Waals surface area contributed by atoms with E-state index in [1.165, 1.54) is 38.5 Å². The van der Waals surface area contributed by atoms with Crippen LogP contribution in [0.5, 0.6) is 0 Å². The van der Waals surface area contributed by atoms with Gasteiger partial charge in [-0.15, -0.1) is 10.2 Å². The van der Waals surface area contributed by atoms with Gasteiger partial charge in [-0.3, -0.25) is 0 Å². The Bertz CT molecular complexity index is 179. The van der Waals surface area contributed by atoms with Crippen LogP contribution in [-0.2, 0) is 0 Å². The Labute approximate surface area is 72.1 Å². The van der Waals surface area contributed by atoms with Crippen molar-refractivity contribution in [3.8, 4) is 0 Å². The van der Waals surface area contributed by atoms with E-state index in [1.807, 2.05) is 0 Å². The monoisotopic (exact) mass is 165 g/mol. The molecule has 1 radical (unpaired) electrons. The molecule has 1 fully saturated rings. The summed E-state index contributed by atoms with van der Waals surface area (Å²) < 4.78 is 0. The second kappa shape index (κ2) is 3.74. The zero-order chi connectivity index (χ0) is 8.23. The lowest BCUT2D eigenvalue weighted by Gasteiger charge is -2.11. The topological polar surface area (TPSA) is 49.4 Å². The summed E-state index contributed by atoms with van der Waals surface area (Å²) in [6.07, 6.45) is 8.62. The fraction of sp³-hybridized carbons (Fsp3) is 0.875. The van der Waals surface area contributed by atoms with Gasteiger partial charge in [-0.05, 0) is 23.3 Å². The van der Waals surface area contributed by atoms with Crippen LogP contribution in [0.2, 0.25) is 0 Å². The summed E-state index contributed by atoms with van der Waals surface area (Å²) in [5.41, 5.74) is 0. The van der Waals surface area contributed by atoms with E-state index in [1.54, 1.807) is 0 Å². The van der Waals surface area contributed by atoms with Gasteiger partial charge >= 0.3 is 0 Å². The lowest BCUT2D eigenvalue weighted by molar-refractivity contribution is 0.463. The van der Waals surface area contributed by atoms with Gasteiger partial charge in [-0.2, -0.15) is 0 Å². The molecule has 1 aliphatic heterocycles. The van der Waals surface area contributed by atoms with Crippen molar-refractivity contribution in [2.75, 3.05) is 0 Å². The molecule has 0 bridgehead atoms. The molecule has 1 heterocycles. The zero-order valence-electron chi connectivity index (χ0n) is 7.11. The summed E-state index contributed by atoms with van der Waals surface area (Å²) in [5.74, 6) is 0.530. The zero-order valence-corrected chi connectivity index (χ0v) is 7.11. The summed E-state index contributed by atoms with van der Waals surface area (Å²) in [4.78, 5) is 0. The molecule has 0 atom stereocenters. The van der Waals surface area contributed by atoms with Crippen LogP contribution in [0.1, 0.15) is 38.5 Å². The number of hydrogen-bond acceptors (Lipinski definition) is 4. The van der Waals surface area contributed by atoms with E-state index < -0.39 is 0 Å². The lowest BCUT2D eigenvalue weighted by atomic mass is 9.98. The molecule has 1 saturated carbocycles. The van der Waals surface area contributed by atoms with Crippen LogP contribution in [0.3, 0.4) is 0 Å². The van der Waals surface area contributed by atoms with E-state index in [9.17, 15) is 0 Å². The highest BCUT2D eigenvalue weighted by atomic mass is 15.6. The van der Waals surface area contributed by atoms with Gasteiger partial charge in [0.2, 0.25) is 6.17 Å². The van der Waals surface area contributed by atoms with Crippen LogP contribution < -0.4 is 0 Å². The molecule has 2 aliphatic rings. The second-order valence-corrected chi connectivity index (χ2v) is 3.43. The van der Waals surface area contributed by atoms with Gasteiger partial charge in [-0.25, -0.2) is 0 Å². The Hall–Kier alpha value is -0.800. The molecule has 2 rings (SSSR count). The Balaban J connectivity index is 1.92. The molecule has 0 unspecified atom stereocenters. The third-order valence-corrected chi connectivity index (χ3v) is 2.55.